The van der Waals surface area contributed by atoms with Crippen LogP contribution in [0.4, 0.5) is 0 Å². The summed E-state index contributed by atoms with van der Waals surface area (Å²) in [6.45, 7) is 8.88. The minimum atomic E-state index is -0.133. The Bertz CT molecular complexity index is 1140. The highest BCUT2D eigenvalue weighted by Crippen LogP contribution is 2.20. The molecule has 0 unspecified atom stereocenters. The Morgan fingerprint density at radius 2 is 2.07 bits per heavy atom. The lowest BCUT2D eigenvalue weighted by atomic mass is 10.2. The number of fused-ring (bicyclic) bond motifs is 1. The van der Waals surface area contributed by atoms with Crippen LogP contribution in [0.2, 0.25) is 5.02 Å². The molecule has 0 aliphatic carbocycles. The molecule has 9 heteroatoms. The minimum absolute atomic E-state index is 0.110. The Hall–Kier alpha value is -2.58. The summed E-state index contributed by atoms with van der Waals surface area (Å²) in [4.78, 5) is 29.7. The predicted molar refractivity (Wildman–Crippen MR) is 121 cm³/mol. The van der Waals surface area contributed by atoms with Crippen LogP contribution in [0.3, 0.4) is 0 Å². The Morgan fingerprint density at radius 3 is 2.77 bits per heavy atom. The van der Waals surface area contributed by atoms with Gasteiger partial charge in [0.2, 0.25) is 5.91 Å². The van der Waals surface area contributed by atoms with E-state index in [2.05, 4.69) is 22.0 Å². The van der Waals surface area contributed by atoms with Crippen LogP contribution in [0, 0.1) is 13.8 Å². The summed E-state index contributed by atoms with van der Waals surface area (Å²) < 4.78 is 3.49. The van der Waals surface area contributed by atoms with Crippen LogP contribution in [0.5, 0.6) is 0 Å². The topological polar surface area (TPSA) is 81.8 Å². The van der Waals surface area contributed by atoms with Crippen molar-refractivity contribution >= 4 is 40.2 Å². The van der Waals surface area contributed by atoms with Crippen molar-refractivity contribution in [2.24, 2.45) is 0 Å². The van der Waals surface area contributed by atoms with Gasteiger partial charge in [0.15, 0.2) is 5.16 Å². The number of nitrogens with one attached hydrogen (secondary N) is 1. The Morgan fingerprint density at radius 1 is 1.30 bits per heavy atom. The van der Waals surface area contributed by atoms with Crippen molar-refractivity contribution in [1.29, 1.82) is 0 Å². The van der Waals surface area contributed by atoms with E-state index in [9.17, 15) is 9.59 Å². The predicted octanol–water partition coefficient (Wildman–Crippen LogP) is 3.35. The molecule has 3 aromatic rings. The van der Waals surface area contributed by atoms with Gasteiger partial charge in [-0.25, -0.2) is 4.98 Å². The second-order valence-corrected chi connectivity index (χ2v) is 8.13. The molecule has 30 heavy (non-hydrogen) atoms. The van der Waals surface area contributed by atoms with Gasteiger partial charge in [0, 0.05) is 19.6 Å². The summed E-state index contributed by atoms with van der Waals surface area (Å²) in [5, 5.41) is 8.93. The molecule has 1 aromatic carbocycles. The molecule has 0 aliphatic heterocycles. The molecular formula is C21H24ClN5O2S. The van der Waals surface area contributed by atoms with Crippen molar-refractivity contribution < 1.29 is 4.79 Å². The van der Waals surface area contributed by atoms with Crippen molar-refractivity contribution in [3.8, 4) is 0 Å². The molecule has 0 bridgehead atoms. The van der Waals surface area contributed by atoms with Gasteiger partial charge in [-0.15, -0.1) is 6.58 Å². The number of aromatic nitrogens is 4. The summed E-state index contributed by atoms with van der Waals surface area (Å²) in [7, 11) is 0. The van der Waals surface area contributed by atoms with Gasteiger partial charge in [0.05, 0.1) is 33.1 Å². The summed E-state index contributed by atoms with van der Waals surface area (Å²) in [6.07, 6.45) is 2.30. The van der Waals surface area contributed by atoms with Gasteiger partial charge >= 0.3 is 0 Å². The molecule has 0 atom stereocenters. The molecule has 158 valence electrons. The molecular weight excluding hydrogens is 422 g/mol. The Labute approximate surface area is 184 Å². The van der Waals surface area contributed by atoms with Gasteiger partial charge in [0.25, 0.3) is 5.56 Å². The summed E-state index contributed by atoms with van der Waals surface area (Å²) in [5.41, 5.74) is 2.21. The number of thioether (sulfide) groups is 1. The molecule has 7 nitrogen and oxygen atoms in total. The largest absolute Gasteiger partial charge is 0.352 e. The third-order valence-electron chi connectivity index (χ3n) is 4.65. The molecule has 0 saturated carbocycles. The maximum absolute atomic E-state index is 13.1. The van der Waals surface area contributed by atoms with E-state index in [0.29, 0.717) is 47.1 Å². The van der Waals surface area contributed by atoms with Crippen LogP contribution >= 0.6 is 23.4 Å². The first kappa shape index (κ1) is 22.1. The number of aryl methyl sites for hydroxylation is 2. The van der Waals surface area contributed by atoms with Crippen molar-refractivity contribution in [3.63, 3.8) is 0 Å². The van der Waals surface area contributed by atoms with Crippen molar-refractivity contribution in [2.75, 3.05) is 12.3 Å². The first-order valence-electron chi connectivity index (χ1n) is 9.62. The zero-order valence-corrected chi connectivity index (χ0v) is 18.6. The van der Waals surface area contributed by atoms with E-state index in [-0.39, 0.29) is 17.2 Å². The average Bonchev–Trinajstić information content (AvgIpc) is 2.99. The number of halogens is 1. The molecule has 0 saturated heterocycles. The highest BCUT2D eigenvalue weighted by atomic mass is 35.5. The number of hydrogen-bond acceptors (Lipinski definition) is 5. The monoisotopic (exact) mass is 445 g/mol. The first-order chi connectivity index (χ1) is 14.4. The number of amides is 1. The first-order valence-corrected chi connectivity index (χ1v) is 11.0. The molecule has 0 aliphatic rings. The van der Waals surface area contributed by atoms with E-state index in [1.54, 1.807) is 22.8 Å². The van der Waals surface area contributed by atoms with E-state index < -0.39 is 0 Å². The smallest absolute Gasteiger partial charge is 0.262 e. The number of para-hydroxylation sites is 1. The fourth-order valence-corrected chi connectivity index (χ4v) is 4.08. The Kier molecular flexibility index (Phi) is 7.33. The molecule has 1 amide bonds. The number of hydrogen-bond donors (Lipinski definition) is 1. The molecule has 1 N–H and O–H groups in total. The van der Waals surface area contributed by atoms with Gasteiger partial charge in [0.1, 0.15) is 0 Å². The highest BCUT2D eigenvalue weighted by molar-refractivity contribution is 7.99. The van der Waals surface area contributed by atoms with Crippen LogP contribution in [-0.4, -0.2) is 37.5 Å². The van der Waals surface area contributed by atoms with Crippen LogP contribution < -0.4 is 10.9 Å². The van der Waals surface area contributed by atoms with Crippen LogP contribution in [0.15, 0.2) is 46.9 Å². The average molecular weight is 446 g/mol. The Balaban J connectivity index is 1.82. The standard InChI is InChI=1S/C21H24ClN5O2S/c1-4-10-23-18(28)13-30-21-24-17-9-6-5-8-16(17)20(29)26(21)11-7-12-27-15(3)19(22)14(2)25-27/h4-6,8-9H,1,7,10-13H2,2-3H3,(H,23,28). The lowest BCUT2D eigenvalue weighted by Gasteiger charge is -2.13. The molecule has 0 radical (unpaired) electrons. The quantitative estimate of drug-likeness (QED) is 0.310. The molecule has 2 aromatic heterocycles. The molecule has 0 spiro atoms. The minimum Gasteiger partial charge on any atom is -0.352 e. The van der Waals surface area contributed by atoms with Gasteiger partial charge in [-0.3, -0.25) is 18.8 Å². The molecule has 3 rings (SSSR count). The van der Waals surface area contributed by atoms with Crippen LogP contribution in [-0.2, 0) is 17.9 Å². The van der Waals surface area contributed by atoms with Crippen molar-refractivity contribution in [1.82, 2.24) is 24.6 Å². The zero-order chi connectivity index (χ0) is 21.7. The normalized spacial score (nSPS) is 11.0. The third kappa shape index (κ3) is 4.94. The number of rotatable bonds is 9. The van der Waals surface area contributed by atoms with Crippen molar-refractivity contribution in [3.05, 3.63) is 63.7 Å². The van der Waals surface area contributed by atoms with Gasteiger partial charge in [-0.1, -0.05) is 41.6 Å². The lowest BCUT2D eigenvalue weighted by molar-refractivity contribution is -0.118. The lowest BCUT2D eigenvalue weighted by Crippen LogP contribution is -2.27. The van der Waals surface area contributed by atoms with Crippen molar-refractivity contribution in [2.45, 2.75) is 38.5 Å². The van der Waals surface area contributed by atoms with Gasteiger partial charge in [-0.05, 0) is 32.4 Å². The van der Waals surface area contributed by atoms with Gasteiger partial charge in [-0.2, -0.15) is 5.10 Å². The number of carbonyl (C=O) groups is 1. The fraction of sp³-hybridized carbons (Fsp3) is 0.333. The van der Waals surface area contributed by atoms with E-state index in [4.69, 9.17) is 11.6 Å². The maximum atomic E-state index is 13.1. The zero-order valence-electron chi connectivity index (χ0n) is 17.0. The second-order valence-electron chi connectivity index (χ2n) is 6.81. The second kappa shape index (κ2) is 9.95. The summed E-state index contributed by atoms with van der Waals surface area (Å²) in [5.74, 6) is 0.0391. The van der Waals surface area contributed by atoms with E-state index >= 15 is 0 Å². The van der Waals surface area contributed by atoms with Gasteiger partial charge < -0.3 is 5.32 Å². The highest BCUT2D eigenvalue weighted by Gasteiger charge is 2.14. The number of carbonyl (C=O) groups excluding carboxylic acids is 1. The van der Waals surface area contributed by atoms with Crippen LogP contribution in [0.1, 0.15) is 17.8 Å². The van der Waals surface area contributed by atoms with E-state index in [0.717, 1.165) is 11.4 Å². The third-order valence-corrected chi connectivity index (χ3v) is 6.17. The van der Waals surface area contributed by atoms with E-state index in [1.807, 2.05) is 30.7 Å². The molecule has 0 fully saturated rings. The van der Waals surface area contributed by atoms with Crippen LogP contribution in [0.25, 0.3) is 10.9 Å². The molecule has 2 heterocycles. The number of nitrogens with zero attached hydrogens (tertiary/aromatic N) is 4. The number of benzene rings is 1. The summed E-state index contributed by atoms with van der Waals surface area (Å²) >= 11 is 7.47. The SMILES string of the molecule is C=CCNC(=O)CSc1nc2ccccc2c(=O)n1CCCn1nc(C)c(Cl)c1C. The summed E-state index contributed by atoms with van der Waals surface area (Å²) in [6, 6.07) is 7.24. The fourth-order valence-electron chi connectivity index (χ4n) is 3.09. The van der Waals surface area contributed by atoms with E-state index in [1.165, 1.54) is 11.8 Å². The maximum Gasteiger partial charge on any atom is 0.262 e.